The maximum absolute atomic E-state index is 11.0. The number of methoxy groups -OCH3 is 1. The Kier molecular flexibility index (Phi) is 2.84. The summed E-state index contributed by atoms with van der Waals surface area (Å²) < 4.78 is 4.61. The van der Waals surface area contributed by atoms with Gasteiger partial charge < -0.3 is 10.5 Å². The first kappa shape index (κ1) is 8.49. The van der Waals surface area contributed by atoms with Crippen molar-refractivity contribution >= 4 is 5.97 Å². The zero-order chi connectivity index (χ0) is 8.27. The highest BCUT2D eigenvalue weighted by molar-refractivity contribution is 5.76. The standard InChI is InChI=1S/C7H14N2O2/c1-11-7(10)6-2-4-9(6)5-3-8/h6H,2-5,8H2,1H3. The number of nitrogens with two attached hydrogens (primary N) is 1. The summed E-state index contributed by atoms with van der Waals surface area (Å²) in [7, 11) is 1.42. The fraction of sp³-hybridized carbons (Fsp3) is 0.857. The van der Waals surface area contributed by atoms with E-state index in [9.17, 15) is 4.79 Å². The van der Waals surface area contributed by atoms with Crippen LogP contribution in [0.15, 0.2) is 0 Å². The van der Waals surface area contributed by atoms with Crippen molar-refractivity contribution in [3.8, 4) is 0 Å². The second-order valence-corrected chi connectivity index (χ2v) is 2.65. The van der Waals surface area contributed by atoms with Crippen molar-refractivity contribution in [2.75, 3.05) is 26.7 Å². The summed E-state index contributed by atoms with van der Waals surface area (Å²) in [6, 6.07) is -0.0245. The highest BCUT2D eigenvalue weighted by atomic mass is 16.5. The maximum atomic E-state index is 11.0. The lowest BCUT2D eigenvalue weighted by molar-refractivity contribution is -0.151. The second-order valence-electron chi connectivity index (χ2n) is 2.65. The number of hydrogen-bond acceptors (Lipinski definition) is 4. The second kappa shape index (κ2) is 3.69. The Morgan fingerprint density at radius 3 is 2.91 bits per heavy atom. The third-order valence-corrected chi connectivity index (χ3v) is 2.02. The van der Waals surface area contributed by atoms with Gasteiger partial charge in [-0.25, -0.2) is 0 Å². The average Bonchev–Trinajstić information content (AvgIpc) is 1.98. The zero-order valence-electron chi connectivity index (χ0n) is 6.75. The summed E-state index contributed by atoms with van der Waals surface area (Å²) in [5, 5.41) is 0. The molecule has 0 saturated carbocycles. The van der Waals surface area contributed by atoms with Gasteiger partial charge in [0.1, 0.15) is 6.04 Å². The third-order valence-electron chi connectivity index (χ3n) is 2.02. The largest absolute Gasteiger partial charge is 0.468 e. The molecule has 0 amide bonds. The highest BCUT2D eigenvalue weighted by Gasteiger charge is 2.33. The first-order chi connectivity index (χ1) is 5.29. The quantitative estimate of drug-likeness (QED) is 0.546. The number of likely N-dealkylation sites (tertiary alicyclic amines) is 1. The van der Waals surface area contributed by atoms with Crippen LogP contribution in [0.1, 0.15) is 6.42 Å². The Morgan fingerprint density at radius 1 is 1.82 bits per heavy atom. The fourth-order valence-electron chi connectivity index (χ4n) is 1.28. The molecule has 1 unspecified atom stereocenters. The molecule has 0 aliphatic carbocycles. The van der Waals surface area contributed by atoms with Gasteiger partial charge in [0.15, 0.2) is 0 Å². The molecule has 1 aliphatic rings. The topological polar surface area (TPSA) is 55.6 Å². The molecule has 64 valence electrons. The average molecular weight is 158 g/mol. The van der Waals surface area contributed by atoms with E-state index in [1.807, 2.05) is 4.90 Å². The van der Waals surface area contributed by atoms with Crippen LogP contribution in [0.3, 0.4) is 0 Å². The smallest absolute Gasteiger partial charge is 0.323 e. The predicted molar refractivity (Wildman–Crippen MR) is 41.0 cm³/mol. The van der Waals surface area contributed by atoms with Crippen molar-refractivity contribution in [1.29, 1.82) is 0 Å². The molecule has 0 radical (unpaired) electrons. The predicted octanol–water partition coefficient (Wildman–Crippen LogP) is -0.808. The van der Waals surface area contributed by atoms with E-state index in [-0.39, 0.29) is 12.0 Å². The Morgan fingerprint density at radius 2 is 2.55 bits per heavy atom. The van der Waals surface area contributed by atoms with E-state index in [0.717, 1.165) is 19.5 Å². The van der Waals surface area contributed by atoms with Gasteiger partial charge in [-0.3, -0.25) is 9.69 Å². The molecule has 1 rings (SSSR count). The van der Waals surface area contributed by atoms with E-state index in [1.54, 1.807) is 0 Å². The van der Waals surface area contributed by atoms with E-state index >= 15 is 0 Å². The van der Waals surface area contributed by atoms with Crippen LogP contribution in [0.5, 0.6) is 0 Å². The number of esters is 1. The molecule has 0 aromatic rings. The molecule has 0 aromatic carbocycles. The fourth-order valence-corrected chi connectivity index (χ4v) is 1.28. The Labute approximate surface area is 66.3 Å². The summed E-state index contributed by atoms with van der Waals surface area (Å²) in [4.78, 5) is 13.0. The lowest BCUT2D eigenvalue weighted by Crippen LogP contribution is -2.54. The van der Waals surface area contributed by atoms with Gasteiger partial charge in [0, 0.05) is 19.6 Å². The minimum Gasteiger partial charge on any atom is -0.468 e. The summed E-state index contributed by atoms with van der Waals surface area (Å²) in [5.41, 5.74) is 5.35. The van der Waals surface area contributed by atoms with Gasteiger partial charge in [-0.1, -0.05) is 0 Å². The summed E-state index contributed by atoms with van der Waals surface area (Å²) in [5.74, 6) is -0.135. The van der Waals surface area contributed by atoms with Crippen molar-refractivity contribution in [1.82, 2.24) is 4.90 Å². The molecule has 0 spiro atoms. The Hall–Kier alpha value is -0.610. The van der Waals surface area contributed by atoms with Crippen molar-refractivity contribution < 1.29 is 9.53 Å². The number of hydrogen-bond donors (Lipinski definition) is 1. The van der Waals surface area contributed by atoms with Gasteiger partial charge in [0.2, 0.25) is 0 Å². The number of nitrogens with zero attached hydrogens (tertiary/aromatic N) is 1. The first-order valence-corrected chi connectivity index (χ1v) is 3.81. The van der Waals surface area contributed by atoms with Gasteiger partial charge in [0.05, 0.1) is 7.11 Å². The molecule has 1 atom stereocenters. The minimum absolute atomic E-state index is 0.0245. The lowest BCUT2D eigenvalue weighted by Gasteiger charge is -2.38. The zero-order valence-corrected chi connectivity index (χ0v) is 6.75. The van der Waals surface area contributed by atoms with E-state index in [2.05, 4.69) is 4.74 Å². The summed E-state index contributed by atoms with van der Waals surface area (Å²) in [6.07, 6.45) is 0.909. The molecule has 1 aliphatic heterocycles. The Bertz CT molecular complexity index is 149. The van der Waals surface area contributed by atoms with E-state index in [4.69, 9.17) is 5.73 Å². The normalized spacial score (nSPS) is 24.4. The summed E-state index contributed by atoms with van der Waals surface area (Å²) >= 11 is 0. The monoisotopic (exact) mass is 158 g/mol. The van der Waals surface area contributed by atoms with Gasteiger partial charge in [-0.15, -0.1) is 0 Å². The van der Waals surface area contributed by atoms with Crippen LogP contribution >= 0.6 is 0 Å². The van der Waals surface area contributed by atoms with E-state index in [1.165, 1.54) is 7.11 Å². The van der Waals surface area contributed by atoms with Crippen molar-refractivity contribution in [3.63, 3.8) is 0 Å². The van der Waals surface area contributed by atoms with Crippen LogP contribution in [0.2, 0.25) is 0 Å². The number of rotatable bonds is 3. The minimum atomic E-state index is -0.135. The van der Waals surface area contributed by atoms with E-state index in [0.29, 0.717) is 6.54 Å². The van der Waals surface area contributed by atoms with E-state index < -0.39 is 0 Å². The molecule has 1 saturated heterocycles. The van der Waals surface area contributed by atoms with Gasteiger partial charge in [-0.05, 0) is 6.42 Å². The third kappa shape index (κ3) is 1.70. The van der Waals surface area contributed by atoms with Gasteiger partial charge in [0.25, 0.3) is 0 Å². The molecule has 11 heavy (non-hydrogen) atoms. The van der Waals surface area contributed by atoms with Crippen LogP contribution in [0.25, 0.3) is 0 Å². The Balaban J connectivity index is 2.30. The van der Waals surface area contributed by atoms with Crippen LogP contribution in [0.4, 0.5) is 0 Å². The molecule has 4 nitrogen and oxygen atoms in total. The molecule has 4 heteroatoms. The lowest BCUT2D eigenvalue weighted by atomic mass is 10.0. The number of carbonyl (C=O) groups is 1. The van der Waals surface area contributed by atoms with Gasteiger partial charge in [-0.2, -0.15) is 0 Å². The number of carbonyl (C=O) groups excluding carboxylic acids is 1. The maximum Gasteiger partial charge on any atom is 0.323 e. The molecular formula is C7H14N2O2. The first-order valence-electron chi connectivity index (χ1n) is 3.81. The van der Waals surface area contributed by atoms with Crippen molar-refractivity contribution in [2.45, 2.75) is 12.5 Å². The van der Waals surface area contributed by atoms with Crippen LogP contribution in [-0.4, -0.2) is 43.7 Å². The molecule has 0 bridgehead atoms. The highest BCUT2D eigenvalue weighted by Crippen LogP contribution is 2.16. The molecule has 1 fully saturated rings. The molecule has 1 heterocycles. The van der Waals surface area contributed by atoms with Crippen LogP contribution < -0.4 is 5.73 Å². The van der Waals surface area contributed by atoms with Crippen LogP contribution in [0, 0.1) is 0 Å². The van der Waals surface area contributed by atoms with Crippen LogP contribution in [-0.2, 0) is 9.53 Å². The van der Waals surface area contributed by atoms with Crippen molar-refractivity contribution in [3.05, 3.63) is 0 Å². The number of ether oxygens (including phenoxy) is 1. The SMILES string of the molecule is COC(=O)C1CCN1CCN. The molecule has 0 aromatic heterocycles. The molecular weight excluding hydrogens is 144 g/mol. The summed E-state index contributed by atoms with van der Waals surface area (Å²) in [6.45, 7) is 2.37. The van der Waals surface area contributed by atoms with Gasteiger partial charge >= 0.3 is 5.97 Å². The van der Waals surface area contributed by atoms with Crippen molar-refractivity contribution in [2.24, 2.45) is 5.73 Å². The molecule has 2 N–H and O–H groups in total.